The monoisotopic (exact) mass is 471 g/mol. The molecule has 1 atom stereocenters. The van der Waals surface area contributed by atoms with Crippen molar-refractivity contribution in [1.82, 2.24) is 9.29 Å². The normalized spacial score (nSPS) is 21.4. The van der Waals surface area contributed by atoms with Crippen LogP contribution in [0.3, 0.4) is 0 Å². The van der Waals surface area contributed by atoms with E-state index in [9.17, 15) is 13.2 Å². The zero-order chi connectivity index (χ0) is 21.5. The number of sulfonamides is 1. The van der Waals surface area contributed by atoms with Crippen molar-refractivity contribution in [2.45, 2.75) is 38.7 Å². The number of anilines is 1. The molecule has 3 heterocycles. The van der Waals surface area contributed by atoms with Crippen molar-refractivity contribution >= 4 is 54.2 Å². The summed E-state index contributed by atoms with van der Waals surface area (Å²) in [5, 5.41) is 1.31. The fourth-order valence-electron chi connectivity index (χ4n) is 4.17. The Morgan fingerprint density at radius 1 is 1.33 bits per heavy atom. The second kappa shape index (κ2) is 8.70. The zero-order valence-electron chi connectivity index (χ0n) is 17.1. The fraction of sp³-hybridized carbons (Fsp3) is 0.600. The Morgan fingerprint density at radius 2 is 2.07 bits per heavy atom. The first-order valence-corrected chi connectivity index (χ1v) is 13.2. The topological polar surface area (TPSA) is 79.8 Å². The van der Waals surface area contributed by atoms with E-state index in [2.05, 4.69) is 0 Å². The summed E-state index contributed by atoms with van der Waals surface area (Å²) >= 11 is 7.67. The van der Waals surface area contributed by atoms with Crippen LogP contribution in [0.4, 0.5) is 5.13 Å². The average Bonchev–Trinajstić information content (AvgIpc) is 3.34. The Labute approximate surface area is 186 Å². The van der Waals surface area contributed by atoms with Gasteiger partial charge in [-0.3, -0.25) is 9.69 Å². The number of aryl methyl sites for hydroxylation is 1. The lowest BCUT2D eigenvalue weighted by molar-refractivity contribution is -0.123. The summed E-state index contributed by atoms with van der Waals surface area (Å²) in [6.45, 7) is 3.89. The molecule has 1 amide bonds. The van der Waals surface area contributed by atoms with Gasteiger partial charge in [0, 0.05) is 30.6 Å². The third kappa shape index (κ3) is 4.65. The SMILES string of the molecule is Cc1cc(Cl)cc2sc(N(CC3CCCO3)C(=O)C3CCN(S(C)(=O)=O)CC3)nc12. The van der Waals surface area contributed by atoms with Gasteiger partial charge in [-0.25, -0.2) is 17.7 Å². The molecule has 2 fully saturated rings. The van der Waals surface area contributed by atoms with Crippen LogP contribution in [-0.2, 0) is 19.6 Å². The highest BCUT2D eigenvalue weighted by molar-refractivity contribution is 7.88. The van der Waals surface area contributed by atoms with Crippen LogP contribution in [0.2, 0.25) is 5.02 Å². The molecule has 2 aliphatic heterocycles. The third-order valence-electron chi connectivity index (χ3n) is 5.82. The molecule has 0 bridgehead atoms. The molecule has 0 spiro atoms. The maximum Gasteiger partial charge on any atom is 0.232 e. The van der Waals surface area contributed by atoms with Crippen LogP contribution in [0.25, 0.3) is 10.2 Å². The predicted molar refractivity (Wildman–Crippen MR) is 120 cm³/mol. The number of benzene rings is 1. The molecule has 0 N–H and O–H groups in total. The van der Waals surface area contributed by atoms with Crippen LogP contribution < -0.4 is 4.90 Å². The predicted octanol–water partition coefficient (Wildman–Crippen LogP) is 3.44. The van der Waals surface area contributed by atoms with Crippen molar-refractivity contribution in [2.24, 2.45) is 5.92 Å². The molecule has 10 heteroatoms. The minimum Gasteiger partial charge on any atom is -0.376 e. The molecule has 164 valence electrons. The van der Waals surface area contributed by atoms with E-state index in [-0.39, 0.29) is 17.9 Å². The Bertz CT molecular complexity index is 1040. The number of carbonyl (C=O) groups is 1. The van der Waals surface area contributed by atoms with Crippen LogP contribution in [-0.4, -0.2) is 62.2 Å². The van der Waals surface area contributed by atoms with E-state index in [0.29, 0.717) is 49.2 Å². The van der Waals surface area contributed by atoms with Gasteiger partial charge in [-0.1, -0.05) is 22.9 Å². The quantitative estimate of drug-likeness (QED) is 0.667. The van der Waals surface area contributed by atoms with E-state index in [0.717, 1.165) is 28.6 Å². The van der Waals surface area contributed by atoms with Gasteiger partial charge >= 0.3 is 0 Å². The van der Waals surface area contributed by atoms with Crippen molar-refractivity contribution in [3.63, 3.8) is 0 Å². The lowest BCUT2D eigenvalue weighted by atomic mass is 9.96. The molecule has 1 aromatic heterocycles. The van der Waals surface area contributed by atoms with Crippen molar-refractivity contribution in [2.75, 3.05) is 37.4 Å². The minimum atomic E-state index is -3.23. The van der Waals surface area contributed by atoms with Gasteiger partial charge in [0.15, 0.2) is 5.13 Å². The number of halogens is 1. The zero-order valence-corrected chi connectivity index (χ0v) is 19.5. The van der Waals surface area contributed by atoms with Gasteiger partial charge in [-0.05, 0) is 50.3 Å². The number of ether oxygens (including phenoxy) is 1. The van der Waals surface area contributed by atoms with E-state index in [1.54, 1.807) is 4.90 Å². The van der Waals surface area contributed by atoms with Gasteiger partial charge in [-0.15, -0.1) is 0 Å². The van der Waals surface area contributed by atoms with E-state index in [1.165, 1.54) is 21.9 Å². The van der Waals surface area contributed by atoms with Gasteiger partial charge < -0.3 is 4.74 Å². The molecule has 1 aromatic carbocycles. The average molecular weight is 472 g/mol. The lowest BCUT2D eigenvalue weighted by Crippen LogP contribution is -2.46. The second-order valence-corrected chi connectivity index (χ2v) is 11.5. The second-order valence-electron chi connectivity index (χ2n) is 8.09. The summed E-state index contributed by atoms with van der Waals surface area (Å²) < 4.78 is 31.8. The number of hydrogen-bond acceptors (Lipinski definition) is 6. The number of fused-ring (bicyclic) bond motifs is 1. The molecule has 0 aliphatic carbocycles. The highest BCUT2D eigenvalue weighted by atomic mass is 35.5. The van der Waals surface area contributed by atoms with Crippen LogP contribution in [0.1, 0.15) is 31.2 Å². The number of nitrogens with zero attached hydrogens (tertiary/aromatic N) is 3. The fourth-order valence-corrected chi connectivity index (χ4v) is 6.48. The van der Waals surface area contributed by atoms with Crippen LogP contribution in [0.5, 0.6) is 0 Å². The minimum absolute atomic E-state index is 0.00135. The highest BCUT2D eigenvalue weighted by Gasteiger charge is 2.34. The highest BCUT2D eigenvalue weighted by Crippen LogP contribution is 2.35. The molecule has 2 aromatic rings. The van der Waals surface area contributed by atoms with Crippen molar-refractivity contribution in [3.05, 3.63) is 22.7 Å². The van der Waals surface area contributed by atoms with Crippen molar-refractivity contribution in [1.29, 1.82) is 0 Å². The molecular formula is C20H26ClN3O4S2. The van der Waals surface area contributed by atoms with E-state index >= 15 is 0 Å². The Hall–Kier alpha value is -1.26. The number of piperidine rings is 1. The summed E-state index contributed by atoms with van der Waals surface area (Å²) in [6.07, 6.45) is 4.17. The summed E-state index contributed by atoms with van der Waals surface area (Å²) in [4.78, 5) is 20.0. The summed E-state index contributed by atoms with van der Waals surface area (Å²) in [6, 6.07) is 3.75. The molecule has 1 unspecified atom stereocenters. The van der Waals surface area contributed by atoms with Gasteiger partial charge in [-0.2, -0.15) is 0 Å². The molecule has 4 rings (SSSR count). The van der Waals surface area contributed by atoms with Crippen molar-refractivity contribution < 1.29 is 17.9 Å². The summed E-state index contributed by atoms with van der Waals surface area (Å²) in [5.74, 6) is -0.220. The molecule has 7 nitrogen and oxygen atoms in total. The van der Waals surface area contributed by atoms with Gasteiger partial charge in [0.25, 0.3) is 0 Å². The van der Waals surface area contributed by atoms with Gasteiger partial charge in [0.05, 0.1) is 29.1 Å². The molecule has 2 saturated heterocycles. The van der Waals surface area contributed by atoms with E-state index < -0.39 is 10.0 Å². The Kier molecular flexibility index (Phi) is 6.37. The molecule has 0 radical (unpaired) electrons. The first kappa shape index (κ1) is 22.0. The summed E-state index contributed by atoms with van der Waals surface area (Å²) in [5.41, 5.74) is 1.84. The standard InChI is InChI=1S/C20H26ClN3O4S2/c1-13-10-15(21)11-17-18(13)22-20(29-17)24(12-16-4-3-9-28-16)19(25)14-5-7-23(8-6-14)30(2,26)27/h10-11,14,16H,3-9,12H2,1-2H3. The molecule has 30 heavy (non-hydrogen) atoms. The van der Waals surface area contributed by atoms with E-state index in [1.807, 2.05) is 19.1 Å². The first-order valence-electron chi connectivity index (χ1n) is 10.2. The van der Waals surface area contributed by atoms with Crippen LogP contribution >= 0.6 is 22.9 Å². The first-order chi connectivity index (χ1) is 14.2. The van der Waals surface area contributed by atoms with Crippen LogP contribution in [0.15, 0.2) is 12.1 Å². The number of thiazole rings is 1. The van der Waals surface area contributed by atoms with E-state index in [4.69, 9.17) is 21.3 Å². The van der Waals surface area contributed by atoms with Crippen LogP contribution in [0, 0.1) is 12.8 Å². The number of amides is 1. The lowest BCUT2D eigenvalue weighted by Gasteiger charge is -2.33. The smallest absolute Gasteiger partial charge is 0.232 e. The third-order valence-corrected chi connectivity index (χ3v) is 8.37. The largest absolute Gasteiger partial charge is 0.376 e. The van der Waals surface area contributed by atoms with Crippen molar-refractivity contribution in [3.8, 4) is 0 Å². The Balaban J connectivity index is 1.60. The number of rotatable bonds is 5. The van der Waals surface area contributed by atoms with Gasteiger partial charge in [0.2, 0.25) is 15.9 Å². The number of carbonyl (C=O) groups excluding carboxylic acids is 1. The molecule has 0 saturated carbocycles. The summed E-state index contributed by atoms with van der Waals surface area (Å²) in [7, 11) is -3.23. The maximum absolute atomic E-state index is 13.5. The molecular weight excluding hydrogens is 446 g/mol. The molecule has 2 aliphatic rings. The van der Waals surface area contributed by atoms with Gasteiger partial charge in [0.1, 0.15) is 0 Å². The number of hydrogen-bond donors (Lipinski definition) is 0. The Morgan fingerprint density at radius 3 is 2.70 bits per heavy atom. The number of aromatic nitrogens is 1. The maximum atomic E-state index is 13.5.